The van der Waals surface area contributed by atoms with Crippen molar-refractivity contribution >= 4 is 12.0 Å². The molecule has 1 saturated heterocycles. The molecule has 2 fully saturated rings. The van der Waals surface area contributed by atoms with Crippen molar-refractivity contribution in [1.29, 1.82) is 0 Å². The van der Waals surface area contributed by atoms with Gasteiger partial charge >= 0.3 is 6.09 Å². The number of ether oxygens (including phenoxy) is 1. The van der Waals surface area contributed by atoms with E-state index < -0.39 is 12.1 Å². The SMILES string of the molecule is COC(=O)N1CCCC1C(=O)NCc1ccc(C2CC2)cc1. The number of nitrogens with one attached hydrogen (secondary N) is 1. The van der Waals surface area contributed by atoms with Gasteiger partial charge in [0, 0.05) is 13.1 Å². The molecule has 1 aliphatic carbocycles. The molecule has 5 heteroatoms. The second-order valence-electron chi connectivity index (χ2n) is 6.06. The number of hydrogen-bond donors (Lipinski definition) is 1. The van der Waals surface area contributed by atoms with Gasteiger partial charge in [-0.2, -0.15) is 0 Å². The lowest BCUT2D eigenvalue weighted by atomic mass is 10.1. The molecule has 1 unspecified atom stereocenters. The van der Waals surface area contributed by atoms with Gasteiger partial charge in [-0.25, -0.2) is 4.79 Å². The van der Waals surface area contributed by atoms with Crippen molar-refractivity contribution in [2.75, 3.05) is 13.7 Å². The monoisotopic (exact) mass is 302 g/mol. The van der Waals surface area contributed by atoms with Gasteiger partial charge < -0.3 is 10.1 Å². The highest BCUT2D eigenvalue weighted by molar-refractivity contribution is 5.86. The Balaban J connectivity index is 1.53. The van der Waals surface area contributed by atoms with Crippen molar-refractivity contribution in [3.8, 4) is 0 Å². The maximum absolute atomic E-state index is 12.3. The fourth-order valence-electron chi connectivity index (χ4n) is 3.01. The van der Waals surface area contributed by atoms with Crippen LogP contribution in [-0.2, 0) is 16.1 Å². The summed E-state index contributed by atoms with van der Waals surface area (Å²) in [5, 5.41) is 2.93. The van der Waals surface area contributed by atoms with Crippen LogP contribution in [0, 0.1) is 0 Å². The summed E-state index contributed by atoms with van der Waals surface area (Å²) in [4.78, 5) is 25.4. The van der Waals surface area contributed by atoms with Crippen LogP contribution in [0.2, 0.25) is 0 Å². The van der Waals surface area contributed by atoms with E-state index in [1.165, 1.54) is 30.4 Å². The Labute approximate surface area is 130 Å². The van der Waals surface area contributed by atoms with Gasteiger partial charge in [0.1, 0.15) is 6.04 Å². The highest BCUT2D eigenvalue weighted by Crippen LogP contribution is 2.39. The van der Waals surface area contributed by atoms with Gasteiger partial charge in [0.2, 0.25) is 5.91 Å². The van der Waals surface area contributed by atoms with Gasteiger partial charge in [0.15, 0.2) is 0 Å². The molecule has 1 N–H and O–H groups in total. The molecule has 0 spiro atoms. The Bertz CT molecular complexity index is 552. The predicted molar refractivity (Wildman–Crippen MR) is 82.4 cm³/mol. The quantitative estimate of drug-likeness (QED) is 0.929. The zero-order valence-electron chi connectivity index (χ0n) is 12.9. The molecule has 5 nitrogen and oxygen atoms in total. The molecule has 1 heterocycles. The number of carbonyl (C=O) groups excluding carboxylic acids is 2. The fourth-order valence-corrected chi connectivity index (χ4v) is 3.01. The molecule has 1 aromatic rings. The number of hydrogen-bond acceptors (Lipinski definition) is 3. The summed E-state index contributed by atoms with van der Waals surface area (Å²) in [6.45, 7) is 1.08. The Morgan fingerprint density at radius 1 is 1.23 bits per heavy atom. The Morgan fingerprint density at radius 3 is 2.59 bits per heavy atom. The van der Waals surface area contributed by atoms with Crippen LogP contribution in [-0.4, -0.2) is 36.6 Å². The van der Waals surface area contributed by atoms with Gasteiger partial charge in [0.05, 0.1) is 7.11 Å². The van der Waals surface area contributed by atoms with Crippen molar-refractivity contribution in [3.63, 3.8) is 0 Å². The van der Waals surface area contributed by atoms with Crippen molar-refractivity contribution in [1.82, 2.24) is 10.2 Å². The van der Waals surface area contributed by atoms with Crippen LogP contribution in [0.3, 0.4) is 0 Å². The first-order valence-electron chi connectivity index (χ1n) is 7.90. The molecule has 3 rings (SSSR count). The lowest BCUT2D eigenvalue weighted by Crippen LogP contribution is -2.45. The third-order valence-corrected chi connectivity index (χ3v) is 4.46. The maximum Gasteiger partial charge on any atom is 0.410 e. The number of benzene rings is 1. The van der Waals surface area contributed by atoms with Crippen LogP contribution in [0.15, 0.2) is 24.3 Å². The Hall–Kier alpha value is -2.04. The van der Waals surface area contributed by atoms with Crippen LogP contribution in [0.1, 0.15) is 42.7 Å². The van der Waals surface area contributed by atoms with Crippen LogP contribution >= 0.6 is 0 Å². The minimum absolute atomic E-state index is 0.103. The minimum Gasteiger partial charge on any atom is -0.453 e. The molecule has 1 aliphatic heterocycles. The largest absolute Gasteiger partial charge is 0.453 e. The highest BCUT2D eigenvalue weighted by Gasteiger charge is 2.34. The molecular weight excluding hydrogens is 280 g/mol. The molecule has 22 heavy (non-hydrogen) atoms. The van der Waals surface area contributed by atoms with E-state index in [0.717, 1.165) is 17.9 Å². The van der Waals surface area contributed by atoms with Gasteiger partial charge in [-0.15, -0.1) is 0 Å². The van der Waals surface area contributed by atoms with Crippen molar-refractivity contribution in [3.05, 3.63) is 35.4 Å². The number of amides is 2. The van der Waals surface area contributed by atoms with E-state index >= 15 is 0 Å². The number of rotatable bonds is 4. The number of nitrogens with zero attached hydrogens (tertiary/aromatic N) is 1. The predicted octanol–water partition coefficient (Wildman–Crippen LogP) is 2.41. The van der Waals surface area contributed by atoms with Crippen molar-refractivity contribution in [2.45, 2.75) is 44.2 Å². The maximum atomic E-state index is 12.3. The Morgan fingerprint density at radius 2 is 1.95 bits per heavy atom. The molecule has 1 aromatic carbocycles. The first kappa shape index (κ1) is 14.9. The topological polar surface area (TPSA) is 58.6 Å². The van der Waals surface area contributed by atoms with Crippen LogP contribution < -0.4 is 5.32 Å². The fraction of sp³-hybridized carbons (Fsp3) is 0.529. The van der Waals surface area contributed by atoms with E-state index in [1.54, 1.807) is 0 Å². The molecule has 2 aliphatic rings. The number of likely N-dealkylation sites (tertiary alicyclic amines) is 1. The Kier molecular flexibility index (Phi) is 4.32. The molecular formula is C17H22N2O3. The first-order chi connectivity index (χ1) is 10.7. The third-order valence-electron chi connectivity index (χ3n) is 4.46. The second kappa shape index (κ2) is 6.38. The average molecular weight is 302 g/mol. The zero-order chi connectivity index (χ0) is 15.5. The summed E-state index contributed by atoms with van der Waals surface area (Å²) in [5.74, 6) is 0.643. The average Bonchev–Trinajstić information content (AvgIpc) is 3.28. The number of carbonyl (C=O) groups is 2. The molecule has 2 amide bonds. The van der Waals surface area contributed by atoms with Gasteiger partial charge in [0.25, 0.3) is 0 Å². The van der Waals surface area contributed by atoms with Crippen molar-refractivity contribution in [2.24, 2.45) is 0 Å². The van der Waals surface area contributed by atoms with Gasteiger partial charge in [-0.1, -0.05) is 24.3 Å². The summed E-state index contributed by atoms with van der Waals surface area (Å²) in [6.07, 6.45) is 3.69. The van der Waals surface area contributed by atoms with Gasteiger partial charge in [-0.3, -0.25) is 9.69 Å². The summed E-state index contributed by atoms with van der Waals surface area (Å²) >= 11 is 0. The second-order valence-corrected chi connectivity index (χ2v) is 6.06. The lowest BCUT2D eigenvalue weighted by Gasteiger charge is -2.22. The minimum atomic E-state index is -0.425. The van der Waals surface area contributed by atoms with Crippen LogP contribution in [0.25, 0.3) is 0 Å². The highest BCUT2D eigenvalue weighted by atomic mass is 16.5. The molecule has 1 saturated carbocycles. The number of methoxy groups -OCH3 is 1. The van der Waals surface area contributed by atoms with E-state index in [9.17, 15) is 9.59 Å². The van der Waals surface area contributed by atoms with Crippen molar-refractivity contribution < 1.29 is 14.3 Å². The lowest BCUT2D eigenvalue weighted by molar-refractivity contribution is -0.125. The molecule has 0 radical (unpaired) electrons. The van der Waals surface area contributed by atoms with Gasteiger partial charge in [-0.05, 0) is 42.7 Å². The normalized spacial score (nSPS) is 20.8. The summed E-state index contributed by atoms with van der Waals surface area (Å²) in [7, 11) is 1.34. The summed E-state index contributed by atoms with van der Waals surface area (Å²) in [6, 6.07) is 8.03. The zero-order valence-corrected chi connectivity index (χ0v) is 12.9. The van der Waals surface area contributed by atoms with E-state index in [0.29, 0.717) is 19.5 Å². The van der Waals surface area contributed by atoms with Crippen LogP contribution in [0.4, 0.5) is 4.79 Å². The third kappa shape index (κ3) is 3.24. The van der Waals surface area contributed by atoms with E-state index in [4.69, 9.17) is 4.74 Å². The molecule has 0 bridgehead atoms. The molecule has 0 aromatic heterocycles. The summed E-state index contributed by atoms with van der Waals surface area (Å²) < 4.78 is 4.73. The molecule has 1 atom stereocenters. The smallest absolute Gasteiger partial charge is 0.410 e. The summed E-state index contributed by atoms with van der Waals surface area (Å²) in [5.41, 5.74) is 2.48. The first-order valence-corrected chi connectivity index (χ1v) is 7.90. The van der Waals surface area contributed by atoms with Crippen LogP contribution in [0.5, 0.6) is 0 Å². The van der Waals surface area contributed by atoms with E-state index in [-0.39, 0.29) is 5.91 Å². The molecule has 118 valence electrons. The standard InChI is InChI=1S/C17H22N2O3/c1-22-17(21)19-10-2-3-15(19)16(20)18-11-12-4-6-13(7-5-12)14-8-9-14/h4-7,14-15H,2-3,8-11H2,1H3,(H,18,20). The van der Waals surface area contributed by atoms with E-state index in [1.807, 2.05) is 0 Å². The van der Waals surface area contributed by atoms with E-state index in [2.05, 4.69) is 29.6 Å².